The van der Waals surface area contributed by atoms with Crippen molar-refractivity contribution in [3.05, 3.63) is 23.8 Å². The summed E-state index contributed by atoms with van der Waals surface area (Å²) in [7, 11) is 1.97. The Morgan fingerprint density at radius 3 is 2.91 bits per heavy atom. The fourth-order valence-electron chi connectivity index (χ4n) is 1.99. The van der Waals surface area contributed by atoms with Gasteiger partial charge in [-0.3, -0.25) is 0 Å². The molecule has 0 N–H and O–H groups in total. The minimum atomic E-state index is 0.734. The van der Waals surface area contributed by atoms with Crippen molar-refractivity contribution in [2.45, 2.75) is 14.5 Å². The second kappa shape index (κ2) is 6.19. The minimum absolute atomic E-state index is 0.734. The Morgan fingerprint density at radius 1 is 1.22 bits per heavy atom. The molecule has 10 heteroatoms. The number of fused-ring (bicyclic) bond motifs is 1. The first-order valence-corrected chi connectivity index (χ1v) is 10.3. The van der Waals surface area contributed by atoms with E-state index in [0.29, 0.717) is 0 Å². The van der Waals surface area contributed by atoms with E-state index in [4.69, 9.17) is 0 Å². The highest BCUT2D eigenvalue weighted by atomic mass is 32.2. The van der Waals surface area contributed by atoms with Crippen molar-refractivity contribution in [2.75, 3.05) is 6.26 Å². The first kappa shape index (κ1) is 15.1. The zero-order valence-electron chi connectivity index (χ0n) is 12.1. The number of thioether (sulfide) groups is 1. The first-order valence-electron chi connectivity index (χ1n) is 6.53. The van der Waals surface area contributed by atoms with Crippen molar-refractivity contribution in [1.29, 1.82) is 0 Å². The number of hydrogen-bond acceptors (Lipinski definition) is 9. The third kappa shape index (κ3) is 2.75. The van der Waals surface area contributed by atoms with Gasteiger partial charge < -0.3 is 4.57 Å². The maximum atomic E-state index is 4.48. The predicted molar refractivity (Wildman–Crippen MR) is 95.4 cm³/mol. The fourth-order valence-corrected chi connectivity index (χ4v) is 5.14. The van der Waals surface area contributed by atoms with Gasteiger partial charge in [-0.1, -0.05) is 17.8 Å². The number of thiophene rings is 1. The summed E-state index contributed by atoms with van der Waals surface area (Å²) in [4.78, 5) is 14.2. The molecule has 0 atom stereocenters. The van der Waals surface area contributed by atoms with Crippen LogP contribution in [0.1, 0.15) is 0 Å². The van der Waals surface area contributed by atoms with Crippen LogP contribution < -0.4 is 0 Å². The van der Waals surface area contributed by atoms with Gasteiger partial charge >= 0.3 is 0 Å². The molecule has 0 saturated carbocycles. The molecule has 0 spiro atoms. The van der Waals surface area contributed by atoms with Crippen molar-refractivity contribution in [2.24, 2.45) is 7.05 Å². The molecule has 0 aliphatic rings. The van der Waals surface area contributed by atoms with Crippen LogP contribution in [0, 0.1) is 0 Å². The molecule has 116 valence electrons. The van der Waals surface area contributed by atoms with E-state index in [1.807, 2.05) is 35.4 Å². The molecule has 0 aliphatic heterocycles. The molecule has 0 saturated heterocycles. The van der Waals surface area contributed by atoms with Crippen LogP contribution in [0.4, 0.5) is 0 Å². The molecule has 4 aromatic rings. The summed E-state index contributed by atoms with van der Waals surface area (Å²) in [6, 6.07) is 4.05. The smallest absolute Gasteiger partial charge is 0.197 e. The van der Waals surface area contributed by atoms with E-state index < -0.39 is 0 Å². The second-order valence-corrected chi connectivity index (χ2v) is 8.42. The van der Waals surface area contributed by atoms with Crippen LogP contribution in [0.5, 0.6) is 0 Å². The van der Waals surface area contributed by atoms with Crippen molar-refractivity contribution >= 4 is 56.5 Å². The molecule has 0 amide bonds. The Kier molecular flexibility index (Phi) is 4.05. The molecular weight excluding hydrogens is 368 g/mol. The minimum Gasteiger partial charge on any atom is -0.304 e. The van der Waals surface area contributed by atoms with Crippen molar-refractivity contribution in [1.82, 2.24) is 29.7 Å². The van der Waals surface area contributed by atoms with Gasteiger partial charge in [0.15, 0.2) is 21.0 Å². The Morgan fingerprint density at radius 2 is 2.13 bits per heavy atom. The second-order valence-electron chi connectivity index (χ2n) is 4.46. The zero-order chi connectivity index (χ0) is 15.8. The van der Waals surface area contributed by atoms with E-state index in [0.717, 1.165) is 35.6 Å². The molecule has 4 rings (SSSR count). The largest absolute Gasteiger partial charge is 0.304 e. The van der Waals surface area contributed by atoms with Gasteiger partial charge in [-0.25, -0.2) is 15.0 Å². The molecule has 4 heterocycles. The lowest BCUT2D eigenvalue weighted by molar-refractivity contribution is 0.793. The lowest BCUT2D eigenvalue weighted by atomic mass is 10.4. The molecule has 0 bridgehead atoms. The molecular formula is C13H10N6S4. The third-order valence-corrected chi connectivity index (χ3v) is 7.15. The van der Waals surface area contributed by atoms with Crippen molar-refractivity contribution < 1.29 is 0 Å². The number of aromatic nitrogens is 6. The summed E-state index contributed by atoms with van der Waals surface area (Å²) in [5, 5.41) is 12.3. The third-order valence-electron chi connectivity index (χ3n) is 3.08. The highest BCUT2D eigenvalue weighted by molar-refractivity contribution is 8.00. The summed E-state index contributed by atoms with van der Waals surface area (Å²) >= 11 is 6.36. The molecule has 0 aromatic carbocycles. The standard InChI is InChI=1S/C13H10N6S4/c1-19-10(7-4-3-5-21-7)17-18-12(19)23-11-8-9(14-6-15-11)16-13(20-2)22-8/h3-6H,1-2H3. The van der Waals surface area contributed by atoms with Crippen LogP contribution in [-0.2, 0) is 7.05 Å². The van der Waals surface area contributed by atoms with Gasteiger partial charge in [0, 0.05) is 7.05 Å². The average molecular weight is 379 g/mol. The van der Waals surface area contributed by atoms with Gasteiger partial charge in [0.1, 0.15) is 16.1 Å². The lowest BCUT2D eigenvalue weighted by Gasteiger charge is -2.02. The van der Waals surface area contributed by atoms with Gasteiger partial charge in [-0.2, -0.15) is 0 Å². The number of thiazole rings is 1. The van der Waals surface area contributed by atoms with Crippen LogP contribution in [0.2, 0.25) is 0 Å². The Balaban J connectivity index is 1.73. The monoisotopic (exact) mass is 378 g/mol. The van der Waals surface area contributed by atoms with Gasteiger partial charge in [0.2, 0.25) is 0 Å². The lowest BCUT2D eigenvalue weighted by Crippen LogP contribution is -1.94. The van der Waals surface area contributed by atoms with Gasteiger partial charge in [-0.05, 0) is 29.5 Å². The van der Waals surface area contributed by atoms with E-state index in [-0.39, 0.29) is 0 Å². The van der Waals surface area contributed by atoms with Crippen molar-refractivity contribution in [3.63, 3.8) is 0 Å². The summed E-state index contributed by atoms with van der Waals surface area (Å²) in [6.45, 7) is 0. The van der Waals surface area contributed by atoms with Gasteiger partial charge in [-0.15, -0.1) is 32.9 Å². The number of rotatable bonds is 4. The summed E-state index contributed by atoms with van der Waals surface area (Å²) in [5.74, 6) is 0.863. The fraction of sp³-hybridized carbons (Fsp3) is 0.154. The molecule has 4 aromatic heterocycles. The summed E-state index contributed by atoms with van der Waals surface area (Å²) < 4.78 is 3.96. The van der Waals surface area contributed by atoms with E-state index in [9.17, 15) is 0 Å². The maximum Gasteiger partial charge on any atom is 0.197 e. The Labute approximate surface area is 148 Å². The van der Waals surface area contributed by atoms with Crippen LogP contribution in [0.25, 0.3) is 21.0 Å². The Hall–Kier alpha value is -1.49. The molecule has 23 heavy (non-hydrogen) atoms. The molecule has 0 aliphatic carbocycles. The van der Waals surface area contributed by atoms with Crippen LogP contribution >= 0.6 is 46.2 Å². The molecule has 0 radical (unpaired) electrons. The molecule has 0 unspecified atom stereocenters. The normalized spacial score (nSPS) is 11.4. The SMILES string of the molecule is CSc1nc2ncnc(Sc3nnc(-c4cccs4)n3C)c2s1. The maximum absolute atomic E-state index is 4.48. The highest BCUT2D eigenvalue weighted by Gasteiger charge is 2.16. The van der Waals surface area contributed by atoms with Crippen LogP contribution in [0.15, 0.2) is 38.4 Å². The topological polar surface area (TPSA) is 69.4 Å². The van der Waals surface area contributed by atoms with Crippen molar-refractivity contribution in [3.8, 4) is 10.7 Å². The first-order chi connectivity index (χ1) is 11.3. The van der Waals surface area contributed by atoms with E-state index >= 15 is 0 Å². The zero-order valence-corrected chi connectivity index (χ0v) is 15.4. The molecule has 6 nitrogen and oxygen atoms in total. The summed E-state index contributed by atoms with van der Waals surface area (Å²) in [6.07, 6.45) is 3.55. The van der Waals surface area contributed by atoms with Gasteiger partial charge in [0.05, 0.1) is 4.88 Å². The number of nitrogens with zero attached hydrogens (tertiary/aromatic N) is 6. The van der Waals surface area contributed by atoms with E-state index in [2.05, 4.69) is 25.1 Å². The van der Waals surface area contributed by atoms with E-state index in [1.165, 1.54) is 11.8 Å². The molecule has 0 fully saturated rings. The van der Waals surface area contributed by atoms with Crippen LogP contribution in [-0.4, -0.2) is 36.0 Å². The predicted octanol–water partition coefficient (Wildman–Crippen LogP) is 3.82. The highest BCUT2D eigenvalue weighted by Crippen LogP contribution is 2.36. The average Bonchev–Trinajstić information content (AvgIpc) is 3.28. The summed E-state index contributed by atoms with van der Waals surface area (Å²) in [5.41, 5.74) is 0.734. The van der Waals surface area contributed by atoms with Crippen LogP contribution in [0.3, 0.4) is 0 Å². The Bertz CT molecular complexity index is 958. The number of hydrogen-bond donors (Lipinski definition) is 0. The van der Waals surface area contributed by atoms with Gasteiger partial charge in [0.25, 0.3) is 0 Å². The van der Waals surface area contributed by atoms with E-state index in [1.54, 1.807) is 40.8 Å². The quantitative estimate of drug-likeness (QED) is 0.395.